The Kier molecular flexibility index (Phi) is 7.12. The molecular weight excluding hydrogens is 348 g/mol. The summed E-state index contributed by atoms with van der Waals surface area (Å²) in [5, 5.41) is 7.93. The first-order valence-electron chi connectivity index (χ1n) is 8.56. The first kappa shape index (κ1) is 19.9. The molecule has 3 N–H and O–H groups in total. The molecule has 0 aliphatic heterocycles. The Bertz CT molecular complexity index is 855. The molecule has 6 heteroatoms. The highest BCUT2D eigenvalue weighted by Gasteiger charge is 2.07. The van der Waals surface area contributed by atoms with E-state index in [2.05, 4.69) is 24.4 Å². The van der Waals surface area contributed by atoms with E-state index >= 15 is 0 Å². The number of nitrogens with one attached hydrogen (secondary N) is 1. The van der Waals surface area contributed by atoms with Crippen LogP contribution in [0.5, 0.6) is 0 Å². The molecule has 0 heterocycles. The number of nitrogens with two attached hydrogens (primary N) is 1. The van der Waals surface area contributed by atoms with Crippen LogP contribution in [0.2, 0.25) is 0 Å². The van der Waals surface area contributed by atoms with Crippen molar-refractivity contribution in [1.82, 2.24) is 5.32 Å². The second kappa shape index (κ2) is 9.31. The number of primary sulfonamides is 1. The number of rotatable bonds is 8. The molecule has 138 valence electrons. The molecule has 0 fully saturated rings. The van der Waals surface area contributed by atoms with E-state index in [9.17, 15) is 13.2 Å². The quantitative estimate of drug-likeness (QED) is 0.746. The summed E-state index contributed by atoms with van der Waals surface area (Å²) in [6.45, 7) is 2.60. The number of carbonyl (C=O) groups is 1. The van der Waals surface area contributed by atoms with E-state index in [0.29, 0.717) is 18.5 Å². The molecule has 0 radical (unpaired) electrons. The van der Waals surface area contributed by atoms with Gasteiger partial charge in [-0.3, -0.25) is 4.79 Å². The van der Waals surface area contributed by atoms with Crippen molar-refractivity contribution in [3.05, 3.63) is 71.3 Å². The fraction of sp³-hybridized carbons (Fsp3) is 0.250. The maximum atomic E-state index is 12.2. The van der Waals surface area contributed by atoms with Gasteiger partial charge in [-0.25, -0.2) is 13.6 Å². The van der Waals surface area contributed by atoms with Crippen molar-refractivity contribution in [2.24, 2.45) is 5.14 Å². The summed E-state index contributed by atoms with van der Waals surface area (Å²) in [6.07, 6.45) is 6.93. The molecule has 0 spiro atoms. The van der Waals surface area contributed by atoms with Crippen molar-refractivity contribution in [3.8, 4) is 0 Å². The Labute approximate surface area is 155 Å². The molecule has 1 amide bonds. The van der Waals surface area contributed by atoms with Crippen molar-refractivity contribution in [2.75, 3.05) is 6.54 Å². The van der Waals surface area contributed by atoms with E-state index in [4.69, 9.17) is 5.14 Å². The number of carbonyl (C=O) groups excluding carboxylic acids is 1. The molecule has 0 saturated heterocycles. The lowest BCUT2D eigenvalue weighted by atomic mass is 10.1. The van der Waals surface area contributed by atoms with Crippen molar-refractivity contribution >= 4 is 22.0 Å². The average molecular weight is 372 g/mol. The zero-order valence-electron chi connectivity index (χ0n) is 14.8. The third-order valence-electron chi connectivity index (χ3n) is 3.89. The normalized spacial score (nSPS) is 11.6. The van der Waals surface area contributed by atoms with Crippen molar-refractivity contribution in [3.63, 3.8) is 0 Å². The molecular formula is C20H24N2O3S. The van der Waals surface area contributed by atoms with Gasteiger partial charge in [-0.1, -0.05) is 49.8 Å². The third kappa shape index (κ3) is 6.13. The fourth-order valence-electron chi connectivity index (χ4n) is 2.40. The molecule has 0 bridgehead atoms. The predicted molar refractivity (Wildman–Crippen MR) is 104 cm³/mol. The smallest absolute Gasteiger partial charge is 0.251 e. The number of unbranched alkanes of at least 4 members (excludes halogenated alkanes) is 1. The Balaban J connectivity index is 1.85. The van der Waals surface area contributed by atoms with Crippen LogP contribution in [-0.2, 0) is 16.4 Å². The minimum absolute atomic E-state index is 0.0818. The van der Waals surface area contributed by atoms with E-state index in [0.717, 1.165) is 24.0 Å². The molecule has 5 nitrogen and oxygen atoms in total. The van der Waals surface area contributed by atoms with Gasteiger partial charge in [0.2, 0.25) is 10.0 Å². The van der Waals surface area contributed by atoms with Gasteiger partial charge in [-0.2, -0.15) is 0 Å². The van der Waals surface area contributed by atoms with Gasteiger partial charge in [0.15, 0.2) is 0 Å². The van der Waals surface area contributed by atoms with Gasteiger partial charge in [0, 0.05) is 12.1 Å². The Morgan fingerprint density at radius 2 is 1.73 bits per heavy atom. The average Bonchev–Trinajstić information content (AvgIpc) is 2.62. The summed E-state index contributed by atoms with van der Waals surface area (Å²) in [5.74, 6) is -0.129. The van der Waals surface area contributed by atoms with Gasteiger partial charge >= 0.3 is 0 Å². The van der Waals surface area contributed by atoms with Crippen LogP contribution in [0.15, 0.2) is 59.5 Å². The molecule has 2 aromatic carbocycles. The number of amides is 1. The van der Waals surface area contributed by atoms with Crippen LogP contribution >= 0.6 is 0 Å². The lowest BCUT2D eigenvalue weighted by Gasteiger charge is -2.06. The van der Waals surface area contributed by atoms with Crippen LogP contribution in [0.4, 0.5) is 0 Å². The lowest BCUT2D eigenvalue weighted by Crippen LogP contribution is -2.25. The van der Waals surface area contributed by atoms with Crippen LogP contribution in [0.25, 0.3) is 6.08 Å². The lowest BCUT2D eigenvalue weighted by molar-refractivity contribution is 0.0954. The molecule has 0 aliphatic carbocycles. The maximum Gasteiger partial charge on any atom is 0.251 e. The highest BCUT2D eigenvalue weighted by atomic mass is 32.2. The number of hydrogen-bond acceptors (Lipinski definition) is 3. The first-order valence-corrected chi connectivity index (χ1v) is 10.1. The zero-order chi connectivity index (χ0) is 19.0. The molecule has 0 aromatic heterocycles. The predicted octanol–water partition coefficient (Wildman–Crippen LogP) is 3.12. The van der Waals surface area contributed by atoms with E-state index < -0.39 is 10.0 Å². The van der Waals surface area contributed by atoms with Gasteiger partial charge in [0.05, 0.1) is 4.90 Å². The van der Waals surface area contributed by atoms with Crippen LogP contribution in [0, 0.1) is 0 Å². The minimum Gasteiger partial charge on any atom is -0.352 e. The molecule has 2 rings (SSSR count). The molecule has 0 aliphatic rings. The number of sulfonamides is 1. The van der Waals surface area contributed by atoms with E-state index in [-0.39, 0.29) is 10.8 Å². The van der Waals surface area contributed by atoms with Crippen molar-refractivity contribution < 1.29 is 13.2 Å². The van der Waals surface area contributed by atoms with Gasteiger partial charge in [0.25, 0.3) is 5.91 Å². The van der Waals surface area contributed by atoms with Gasteiger partial charge in [-0.15, -0.1) is 0 Å². The summed E-state index contributed by atoms with van der Waals surface area (Å²) >= 11 is 0. The van der Waals surface area contributed by atoms with Crippen LogP contribution in [0.1, 0.15) is 41.3 Å². The molecule has 0 unspecified atom stereocenters. The van der Waals surface area contributed by atoms with Crippen molar-refractivity contribution in [1.29, 1.82) is 0 Å². The summed E-state index contributed by atoms with van der Waals surface area (Å²) in [4.78, 5) is 12.2. The fourth-order valence-corrected chi connectivity index (χ4v) is 2.92. The van der Waals surface area contributed by atoms with Gasteiger partial charge in [-0.05, 0) is 48.2 Å². The highest BCUT2D eigenvalue weighted by Crippen LogP contribution is 2.10. The van der Waals surface area contributed by atoms with E-state index in [1.807, 2.05) is 24.3 Å². The number of hydrogen-bond donors (Lipinski definition) is 2. The Morgan fingerprint density at radius 3 is 2.31 bits per heavy atom. The monoisotopic (exact) mass is 372 g/mol. The maximum absolute atomic E-state index is 12.2. The number of benzene rings is 2. The largest absolute Gasteiger partial charge is 0.352 e. The SMILES string of the molecule is CCCC=Cc1ccc(C(=O)NCCc2ccc(S(N)(=O)=O)cc2)cc1. The second-order valence-electron chi connectivity index (χ2n) is 6.01. The highest BCUT2D eigenvalue weighted by molar-refractivity contribution is 7.89. The summed E-state index contributed by atoms with van der Waals surface area (Å²) in [5.41, 5.74) is 2.61. The van der Waals surface area contributed by atoms with Crippen LogP contribution in [0.3, 0.4) is 0 Å². The topological polar surface area (TPSA) is 89.3 Å². The minimum atomic E-state index is -3.68. The third-order valence-corrected chi connectivity index (χ3v) is 4.82. The zero-order valence-corrected chi connectivity index (χ0v) is 15.6. The summed E-state index contributed by atoms with van der Waals surface area (Å²) in [7, 11) is -3.68. The first-order chi connectivity index (χ1) is 12.4. The van der Waals surface area contributed by atoms with Gasteiger partial charge in [0.1, 0.15) is 0 Å². The van der Waals surface area contributed by atoms with Crippen molar-refractivity contribution in [2.45, 2.75) is 31.1 Å². The molecule has 2 aromatic rings. The van der Waals surface area contributed by atoms with Crippen LogP contribution < -0.4 is 10.5 Å². The van der Waals surface area contributed by atoms with E-state index in [1.54, 1.807) is 12.1 Å². The summed E-state index contributed by atoms with van der Waals surface area (Å²) in [6, 6.07) is 13.8. The second-order valence-corrected chi connectivity index (χ2v) is 7.57. The van der Waals surface area contributed by atoms with Gasteiger partial charge < -0.3 is 5.32 Å². The Morgan fingerprint density at radius 1 is 1.08 bits per heavy atom. The molecule has 26 heavy (non-hydrogen) atoms. The van der Waals surface area contributed by atoms with E-state index in [1.165, 1.54) is 12.1 Å². The number of allylic oxidation sites excluding steroid dienone is 1. The standard InChI is InChI=1S/C20H24N2O3S/c1-2-3-4-5-16-6-10-18(11-7-16)20(23)22-15-14-17-8-12-19(13-9-17)26(21,24)25/h4-13H,2-3,14-15H2,1H3,(H,22,23)(H2,21,24,25). The van der Waals surface area contributed by atoms with Crippen LogP contribution in [-0.4, -0.2) is 20.9 Å². The molecule has 0 saturated carbocycles. The summed E-state index contributed by atoms with van der Waals surface area (Å²) < 4.78 is 22.4. The molecule has 0 atom stereocenters. The Hall–Kier alpha value is -2.44.